The maximum Gasteiger partial charge on any atom is 0.230 e. The quantitative estimate of drug-likeness (QED) is 0.554. The Bertz CT molecular complexity index is 1220. The Morgan fingerprint density at radius 1 is 1.10 bits per heavy atom. The molecule has 3 heterocycles. The zero-order valence-electron chi connectivity index (χ0n) is 17.1. The highest BCUT2D eigenvalue weighted by Crippen LogP contribution is 2.28. The summed E-state index contributed by atoms with van der Waals surface area (Å²) >= 11 is 0. The third-order valence-electron chi connectivity index (χ3n) is 4.85. The lowest BCUT2D eigenvalue weighted by molar-refractivity contribution is -0.114. The molecular formula is C21H23N7O. The van der Waals surface area contributed by atoms with E-state index in [1.807, 2.05) is 62.8 Å². The van der Waals surface area contributed by atoms with E-state index in [-0.39, 0.29) is 5.91 Å². The maximum atomic E-state index is 11.4. The standard InChI is InChI=1S/C21H23N7O/c1-12-10-22-21(24-19-8-14(3)27(5)26-19)25-20(12)28-11-13(2)17-9-16(23-15(4)29)6-7-18(17)28/h6-11H,1-5H3,(H,23,29)(H,22,24,25,26). The lowest BCUT2D eigenvalue weighted by Crippen LogP contribution is -2.06. The second-order valence-corrected chi connectivity index (χ2v) is 7.22. The Balaban J connectivity index is 1.75. The molecule has 0 aliphatic rings. The van der Waals surface area contributed by atoms with Crippen molar-refractivity contribution in [1.29, 1.82) is 0 Å². The molecule has 1 aromatic carbocycles. The second kappa shape index (κ2) is 7.05. The van der Waals surface area contributed by atoms with Gasteiger partial charge >= 0.3 is 0 Å². The van der Waals surface area contributed by atoms with Gasteiger partial charge in [-0.3, -0.25) is 9.48 Å². The number of rotatable bonds is 4. The number of carbonyl (C=O) groups excluding carboxylic acids is 1. The summed E-state index contributed by atoms with van der Waals surface area (Å²) in [5.74, 6) is 1.89. The Morgan fingerprint density at radius 3 is 2.59 bits per heavy atom. The van der Waals surface area contributed by atoms with Gasteiger partial charge < -0.3 is 15.2 Å². The molecule has 0 aliphatic carbocycles. The van der Waals surface area contributed by atoms with E-state index >= 15 is 0 Å². The van der Waals surface area contributed by atoms with Crippen molar-refractivity contribution in [1.82, 2.24) is 24.3 Å². The number of nitrogens with zero attached hydrogens (tertiary/aromatic N) is 5. The molecule has 0 atom stereocenters. The van der Waals surface area contributed by atoms with Crippen molar-refractivity contribution in [2.45, 2.75) is 27.7 Å². The number of carbonyl (C=O) groups is 1. The summed E-state index contributed by atoms with van der Waals surface area (Å²) in [6.45, 7) is 7.52. The summed E-state index contributed by atoms with van der Waals surface area (Å²) in [7, 11) is 1.89. The number of fused-ring (bicyclic) bond motifs is 1. The summed E-state index contributed by atoms with van der Waals surface area (Å²) in [4.78, 5) is 20.5. The minimum Gasteiger partial charge on any atom is -0.326 e. The molecule has 0 saturated carbocycles. The highest BCUT2D eigenvalue weighted by atomic mass is 16.1. The normalized spacial score (nSPS) is 11.1. The monoisotopic (exact) mass is 389 g/mol. The third kappa shape index (κ3) is 3.56. The average Bonchev–Trinajstić information content (AvgIpc) is 3.15. The smallest absolute Gasteiger partial charge is 0.230 e. The van der Waals surface area contributed by atoms with Gasteiger partial charge in [0.15, 0.2) is 5.82 Å². The zero-order chi connectivity index (χ0) is 20.7. The minimum absolute atomic E-state index is 0.0893. The van der Waals surface area contributed by atoms with E-state index in [0.29, 0.717) is 11.8 Å². The fraction of sp³-hybridized carbons (Fsp3) is 0.238. The number of benzene rings is 1. The maximum absolute atomic E-state index is 11.4. The van der Waals surface area contributed by atoms with Gasteiger partial charge in [-0.25, -0.2) is 4.98 Å². The topological polar surface area (TPSA) is 89.7 Å². The first kappa shape index (κ1) is 18.7. The van der Waals surface area contributed by atoms with Gasteiger partial charge in [0.1, 0.15) is 5.82 Å². The first-order valence-electron chi connectivity index (χ1n) is 9.33. The summed E-state index contributed by atoms with van der Waals surface area (Å²) < 4.78 is 3.85. The molecule has 0 spiro atoms. The molecule has 4 rings (SSSR count). The fourth-order valence-electron chi connectivity index (χ4n) is 3.32. The van der Waals surface area contributed by atoms with E-state index in [1.54, 1.807) is 10.9 Å². The lowest BCUT2D eigenvalue weighted by Gasteiger charge is -2.10. The van der Waals surface area contributed by atoms with Crippen LogP contribution >= 0.6 is 0 Å². The van der Waals surface area contributed by atoms with Crippen molar-refractivity contribution in [3.05, 3.63) is 53.5 Å². The molecule has 0 fully saturated rings. The highest BCUT2D eigenvalue weighted by Gasteiger charge is 2.13. The van der Waals surface area contributed by atoms with E-state index in [1.165, 1.54) is 6.92 Å². The summed E-state index contributed by atoms with van der Waals surface area (Å²) in [6, 6.07) is 7.81. The van der Waals surface area contributed by atoms with Crippen molar-refractivity contribution >= 4 is 34.3 Å². The molecule has 4 aromatic rings. The van der Waals surface area contributed by atoms with E-state index in [2.05, 4.69) is 20.7 Å². The Morgan fingerprint density at radius 2 is 1.90 bits per heavy atom. The summed E-state index contributed by atoms with van der Waals surface area (Å²) in [5.41, 5.74) is 4.88. The first-order chi connectivity index (χ1) is 13.8. The predicted octanol–water partition coefficient (Wildman–Crippen LogP) is 3.78. The van der Waals surface area contributed by atoms with Gasteiger partial charge in [0, 0.05) is 54.8 Å². The van der Waals surface area contributed by atoms with Crippen LogP contribution in [0.2, 0.25) is 0 Å². The van der Waals surface area contributed by atoms with Gasteiger partial charge in [-0.15, -0.1) is 0 Å². The summed E-state index contributed by atoms with van der Waals surface area (Å²) in [5, 5.41) is 11.5. The SMILES string of the molecule is CC(=O)Nc1ccc2c(c1)c(C)cn2-c1nc(Nc2cc(C)n(C)n2)ncc1C. The number of aromatic nitrogens is 5. The van der Waals surface area contributed by atoms with Crippen LogP contribution in [-0.4, -0.2) is 30.2 Å². The van der Waals surface area contributed by atoms with Crippen LogP contribution in [0.3, 0.4) is 0 Å². The number of nitrogens with one attached hydrogen (secondary N) is 2. The number of anilines is 3. The van der Waals surface area contributed by atoms with E-state index in [4.69, 9.17) is 4.98 Å². The molecule has 148 valence electrons. The van der Waals surface area contributed by atoms with Crippen LogP contribution in [0.1, 0.15) is 23.7 Å². The van der Waals surface area contributed by atoms with Crippen molar-refractivity contribution in [2.24, 2.45) is 7.05 Å². The molecule has 8 heteroatoms. The van der Waals surface area contributed by atoms with Crippen molar-refractivity contribution in [3.63, 3.8) is 0 Å². The third-order valence-corrected chi connectivity index (χ3v) is 4.85. The molecular weight excluding hydrogens is 366 g/mol. The minimum atomic E-state index is -0.0893. The average molecular weight is 389 g/mol. The largest absolute Gasteiger partial charge is 0.326 e. The molecule has 3 aromatic heterocycles. The van der Waals surface area contributed by atoms with Crippen LogP contribution in [-0.2, 0) is 11.8 Å². The zero-order valence-corrected chi connectivity index (χ0v) is 17.1. The lowest BCUT2D eigenvalue weighted by atomic mass is 10.2. The number of amides is 1. The van der Waals surface area contributed by atoms with Gasteiger partial charge in [0.2, 0.25) is 11.9 Å². The Kier molecular flexibility index (Phi) is 4.54. The van der Waals surface area contributed by atoms with Crippen LogP contribution < -0.4 is 10.6 Å². The van der Waals surface area contributed by atoms with E-state index in [0.717, 1.165) is 39.2 Å². The van der Waals surface area contributed by atoms with Crippen LogP contribution in [0, 0.1) is 20.8 Å². The molecule has 0 radical (unpaired) electrons. The molecule has 8 nitrogen and oxygen atoms in total. The van der Waals surface area contributed by atoms with Crippen molar-refractivity contribution in [2.75, 3.05) is 10.6 Å². The van der Waals surface area contributed by atoms with Crippen LogP contribution in [0.5, 0.6) is 0 Å². The van der Waals surface area contributed by atoms with Crippen molar-refractivity contribution < 1.29 is 4.79 Å². The Hall–Kier alpha value is -3.68. The molecule has 0 aliphatic heterocycles. The number of hydrogen-bond donors (Lipinski definition) is 2. The van der Waals surface area contributed by atoms with Gasteiger partial charge in [-0.2, -0.15) is 10.1 Å². The van der Waals surface area contributed by atoms with E-state index in [9.17, 15) is 4.79 Å². The van der Waals surface area contributed by atoms with Gasteiger partial charge in [0.05, 0.1) is 5.52 Å². The Labute approximate surface area is 168 Å². The highest BCUT2D eigenvalue weighted by molar-refractivity contribution is 5.94. The van der Waals surface area contributed by atoms with Crippen molar-refractivity contribution in [3.8, 4) is 5.82 Å². The second-order valence-electron chi connectivity index (χ2n) is 7.22. The van der Waals surface area contributed by atoms with Gasteiger partial charge in [0.25, 0.3) is 0 Å². The fourth-order valence-corrected chi connectivity index (χ4v) is 3.32. The molecule has 2 N–H and O–H groups in total. The van der Waals surface area contributed by atoms with Gasteiger partial charge in [-0.1, -0.05) is 0 Å². The first-order valence-corrected chi connectivity index (χ1v) is 9.33. The predicted molar refractivity (Wildman–Crippen MR) is 114 cm³/mol. The van der Waals surface area contributed by atoms with E-state index < -0.39 is 0 Å². The molecule has 0 unspecified atom stereocenters. The molecule has 0 bridgehead atoms. The number of hydrogen-bond acceptors (Lipinski definition) is 5. The van der Waals surface area contributed by atoms with Crippen LogP contribution in [0.25, 0.3) is 16.7 Å². The molecule has 1 amide bonds. The molecule has 29 heavy (non-hydrogen) atoms. The van der Waals surface area contributed by atoms with Crippen LogP contribution in [0.4, 0.5) is 17.5 Å². The molecule has 0 saturated heterocycles. The van der Waals surface area contributed by atoms with Gasteiger partial charge in [-0.05, 0) is 44.5 Å². The summed E-state index contributed by atoms with van der Waals surface area (Å²) in [6.07, 6.45) is 3.85. The number of aryl methyl sites for hydroxylation is 4. The van der Waals surface area contributed by atoms with Crippen LogP contribution in [0.15, 0.2) is 36.7 Å².